The van der Waals surface area contributed by atoms with Gasteiger partial charge in [-0.05, 0) is 166 Å². The Morgan fingerprint density at radius 2 is 0.451 bits per heavy atom. The molecule has 4 heteroatoms. The number of para-hydroxylation sites is 4. The fourth-order valence-corrected chi connectivity index (χ4v) is 12.2. The zero-order valence-corrected chi connectivity index (χ0v) is 45.0. The summed E-state index contributed by atoms with van der Waals surface area (Å²) in [7, 11) is 0. The Bertz CT molecular complexity index is 4450. The molecule has 0 N–H and O–H groups in total. The van der Waals surface area contributed by atoms with Gasteiger partial charge in [-0.1, -0.05) is 206 Å². The quantitative estimate of drug-likeness (QED) is 0.121. The Balaban J connectivity index is 0.762. The molecule has 0 aliphatic rings. The molecule has 13 aromatic carbocycles. The molecule has 0 radical (unpaired) electrons. The summed E-state index contributed by atoms with van der Waals surface area (Å²) < 4.78 is 4.75. The molecule has 4 nitrogen and oxygen atoms in total. The van der Waals surface area contributed by atoms with Gasteiger partial charge in [0.1, 0.15) is 0 Å². The van der Waals surface area contributed by atoms with E-state index in [1.807, 2.05) is 0 Å². The van der Waals surface area contributed by atoms with Crippen LogP contribution in [0, 0.1) is 0 Å². The molecule has 0 aliphatic carbocycles. The van der Waals surface area contributed by atoms with E-state index in [1.165, 1.54) is 65.9 Å². The van der Waals surface area contributed by atoms with Crippen LogP contribution >= 0.6 is 0 Å². The fraction of sp³-hybridized carbons (Fsp3) is 0. The smallest absolute Gasteiger partial charge is 0.0542 e. The van der Waals surface area contributed by atoms with Crippen LogP contribution in [-0.4, -0.2) is 9.13 Å². The average molecular weight is 1050 g/mol. The molecule has 82 heavy (non-hydrogen) atoms. The number of nitrogens with zero attached hydrogens (tertiary/aromatic N) is 4. The second kappa shape index (κ2) is 20.7. The number of hydrogen-bond donors (Lipinski definition) is 0. The normalized spacial score (nSPS) is 11.4. The second-order valence-corrected chi connectivity index (χ2v) is 21.0. The Labute approximate surface area is 477 Å². The minimum Gasteiger partial charge on any atom is -0.310 e. The van der Waals surface area contributed by atoms with E-state index in [-0.39, 0.29) is 0 Å². The molecule has 15 rings (SSSR count). The highest BCUT2D eigenvalue weighted by Gasteiger charge is 2.21. The van der Waals surface area contributed by atoms with Crippen LogP contribution in [-0.2, 0) is 0 Å². The highest BCUT2D eigenvalue weighted by Crippen LogP contribution is 2.44. The number of fused-ring (bicyclic) bond motifs is 6. The van der Waals surface area contributed by atoms with Gasteiger partial charge < -0.3 is 18.9 Å². The maximum atomic E-state index is 2.39. The van der Waals surface area contributed by atoms with Crippen molar-refractivity contribution in [2.75, 3.05) is 9.80 Å². The minimum absolute atomic E-state index is 1.08. The molecular weight excluding hydrogens is 993 g/mol. The summed E-state index contributed by atoms with van der Waals surface area (Å²) in [6.45, 7) is 0. The van der Waals surface area contributed by atoms with Crippen LogP contribution < -0.4 is 9.80 Å². The summed E-state index contributed by atoms with van der Waals surface area (Å²) in [5, 5.41) is 4.86. The third-order valence-electron chi connectivity index (χ3n) is 16.1. The lowest BCUT2D eigenvalue weighted by molar-refractivity contribution is 1.18. The summed E-state index contributed by atoms with van der Waals surface area (Å²) in [4.78, 5) is 4.78. The van der Waals surface area contributed by atoms with Crippen molar-refractivity contribution in [1.29, 1.82) is 0 Å². The molecule has 0 unspecified atom stereocenters. The van der Waals surface area contributed by atoms with Gasteiger partial charge in [-0.15, -0.1) is 0 Å². The summed E-state index contributed by atoms with van der Waals surface area (Å²) in [5.41, 5.74) is 22.9. The van der Waals surface area contributed by atoms with Crippen molar-refractivity contribution in [1.82, 2.24) is 9.13 Å². The number of anilines is 6. The van der Waals surface area contributed by atoms with Gasteiger partial charge in [0.2, 0.25) is 0 Å². The summed E-state index contributed by atoms with van der Waals surface area (Å²) in [6, 6.07) is 119. The molecule has 2 aromatic heterocycles. The van der Waals surface area contributed by atoms with Crippen molar-refractivity contribution >= 4 is 77.7 Å². The van der Waals surface area contributed by atoms with Gasteiger partial charge in [-0.2, -0.15) is 0 Å². The van der Waals surface area contributed by atoms with Gasteiger partial charge in [-0.3, -0.25) is 0 Å². The SMILES string of the molecule is c1ccc(-c2cccc(N(c3ccc(-c4ccc(-c5ccc(N(c6cccc(-c7ccccc7)c6)c6ccc7c(c6)c6ccccc6n7-c6ccccc6)cc5)cc4)cc3)c3ccc4c(c3)c3ccccc3n4-c3ccccc3)c2)cc1. The molecule has 0 fully saturated rings. The fourth-order valence-electron chi connectivity index (χ4n) is 12.2. The van der Waals surface area contributed by atoms with Gasteiger partial charge in [0.15, 0.2) is 0 Å². The number of hydrogen-bond acceptors (Lipinski definition) is 2. The first kappa shape index (κ1) is 48.2. The van der Waals surface area contributed by atoms with E-state index in [2.05, 4.69) is 347 Å². The number of benzene rings is 13. The Morgan fingerprint density at radius 3 is 0.841 bits per heavy atom. The Hall–Kier alpha value is -10.9. The van der Waals surface area contributed by atoms with Crippen LogP contribution in [0.4, 0.5) is 34.1 Å². The van der Waals surface area contributed by atoms with Crippen LogP contribution in [0.2, 0.25) is 0 Å². The molecule has 15 aromatic rings. The Kier molecular flexibility index (Phi) is 12.2. The lowest BCUT2D eigenvalue weighted by Crippen LogP contribution is -2.10. The van der Waals surface area contributed by atoms with Crippen molar-refractivity contribution in [3.8, 4) is 55.9 Å². The molecule has 386 valence electrons. The third kappa shape index (κ3) is 8.76. The van der Waals surface area contributed by atoms with Crippen molar-refractivity contribution < 1.29 is 0 Å². The monoisotopic (exact) mass is 1050 g/mol. The lowest BCUT2D eigenvalue weighted by atomic mass is 9.99. The number of aromatic nitrogens is 2. The summed E-state index contributed by atoms with van der Waals surface area (Å²) in [6.07, 6.45) is 0. The van der Waals surface area contributed by atoms with E-state index in [9.17, 15) is 0 Å². The third-order valence-corrected chi connectivity index (χ3v) is 16.1. The zero-order valence-electron chi connectivity index (χ0n) is 45.0. The van der Waals surface area contributed by atoms with E-state index < -0.39 is 0 Å². The maximum absolute atomic E-state index is 2.39. The second-order valence-electron chi connectivity index (χ2n) is 21.0. The van der Waals surface area contributed by atoms with Gasteiger partial charge in [0.05, 0.1) is 22.1 Å². The molecule has 0 saturated carbocycles. The number of rotatable bonds is 12. The summed E-state index contributed by atoms with van der Waals surface area (Å²) in [5.74, 6) is 0. The zero-order chi connectivity index (χ0) is 54.3. The first-order valence-electron chi connectivity index (χ1n) is 28.1. The highest BCUT2D eigenvalue weighted by molar-refractivity contribution is 6.12. The first-order valence-corrected chi connectivity index (χ1v) is 28.1. The van der Waals surface area contributed by atoms with Crippen LogP contribution in [0.1, 0.15) is 0 Å². The van der Waals surface area contributed by atoms with E-state index in [1.54, 1.807) is 0 Å². The predicted molar refractivity (Wildman–Crippen MR) is 346 cm³/mol. The molecule has 0 aliphatic heterocycles. The minimum atomic E-state index is 1.08. The van der Waals surface area contributed by atoms with Crippen LogP contribution in [0.15, 0.2) is 328 Å². The van der Waals surface area contributed by atoms with E-state index in [4.69, 9.17) is 0 Å². The lowest BCUT2D eigenvalue weighted by Gasteiger charge is -2.26. The van der Waals surface area contributed by atoms with E-state index in [0.717, 1.165) is 67.8 Å². The molecular formula is C78H54N4. The van der Waals surface area contributed by atoms with Crippen LogP contribution in [0.3, 0.4) is 0 Å². The van der Waals surface area contributed by atoms with E-state index >= 15 is 0 Å². The molecule has 0 saturated heterocycles. The van der Waals surface area contributed by atoms with Gasteiger partial charge in [0, 0.05) is 67.0 Å². The van der Waals surface area contributed by atoms with Gasteiger partial charge in [-0.25, -0.2) is 0 Å². The summed E-state index contributed by atoms with van der Waals surface area (Å²) >= 11 is 0. The van der Waals surface area contributed by atoms with Crippen molar-refractivity contribution in [2.45, 2.75) is 0 Å². The van der Waals surface area contributed by atoms with Gasteiger partial charge in [0.25, 0.3) is 0 Å². The molecule has 0 bridgehead atoms. The maximum Gasteiger partial charge on any atom is 0.0542 e. The van der Waals surface area contributed by atoms with Crippen LogP contribution in [0.25, 0.3) is 99.5 Å². The molecule has 0 spiro atoms. The standard InChI is InChI=1S/C78H54N4/c1-5-19-55(20-6-1)61-23-17-29-67(51-61)79(69-47-49-77-73(53-69)71-31-13-15-33-75(71)81(77)63-25-9-3-10-26-63)65-43-39-59(40-44-65)57-35-37-58(38-36-57)60-41-45-66(46-42-60)80(68-30-18-24-62(52-68)56-21-7-2-8-22-56)70-48-50-78-74(54-70)72-32-14-16-34-76(72)82(78)64-27-11-4-12-28-64/h1-54H. The Morgan fingerprint density at radius 1 is 0.171 bits per heavy atom. The van der Waals surface area contributed by atoms with Gasteiger partial charge >= 0.3 is 0 Å². The average Bonchev–Trinajstić information content (AvgIpc) is 4.29. The van der Waals surface area contributed by atoms with E-state index in [0.29, 0.717) is 0 Å². The van der Waals surface area contributed by atoms with Crippen molar-refractivity contribution in [2.24, 2.45) is 0 Å². The molecule has 0 amide bonds. The predicted octanol–water partition coefficient (Wildman–Crippen LogP) is 21.5. The molecule has 0 atom stereocenters. The van der Waals surface area contributed by atoms with Crippen LogP contribution in [0.5, 0.6) is 0 Å². The molecule has 2 heterocycles. The first-order chi connectivity index (χ1) is 40.7. The largest absolute Gasteiger partial charge is 0.310 e. The topological polar surface area (TPSA) is 16.3 Å². The highest BCUT2D eigenvalue weighted by atomic mass is 15.1. The van der Waals surface area contributed by atoms with Crippen molar-refractivity contribution in [3.63, 3.8) is 0 Å². The van der Waals surface area contributed by atoms with Crippen molar-refractivity contribution in [3.05, 3.63) is 328 Å².